The fraction of sp³-hybridized carbons (Fsp3) is 0.533. The zero-order valence-electron chi connectivity index (χ0n) is 12.6. The van der Waals surface area contributed by atoms with Crippen LogP contribution >= 0.6 is 0 Å². The highest BCUT2D eigenvalue weighted by Gasteiger charge is 2.21. The number of anilines is 1. The van der Waals surface area contributed by atoms with Crippen molar-refractivity contribution in [1.29, 1.82) is 0 Å². The molecule has 0 aromatic heterocycles. The number of aryl methyl sites for hydroxylation is 1. The van der Waals surface area contributed by atoms with Crippen molar-refractivity contribution in [3.63, 3.8) is 0 Å². The molecule has 0 spiro atoms. The highest BCUT2D eigenvalue weighted by Crippen LogP contribution is 2.18. The molecular weight excluding hydrogens is 288 g/mol. The number of nitrogens with one attached hydrogen (secondary N) is 1. The minimum Gasteiger partial charge on any atom is -0.326 e. The van der Waals surface area contributed by atoms with Crippen molar-refractivity contribution >= 4 is 21.4 Å². The van der Waals surface area contributed by atoms with E-state index in [9.17, 15) is 13.2 Å². The summed E-state index contributed by atoms with van der Waals surface area (Å²) in [4.78, 5) is 14.0. The van der Waals surface area contributed by atoms with Gasteiger partial charge in [0.2, 0.25) is 5.91 Å². The lowest BCUT2D eigenvalue weighted by Gasteiger charge is -2.26. The van der Waals surface area contributed by atoms with Crippen LogP contribution in [0.4, 0.5) is 5.69 Å². The largest absolute Gasteiger partial charge is 0.326 e. The van der Waals surface area contributed by atoms with Crippen LogP contribution in [0.15, 0.2) is 18.2 Å². The van der Waals surface area contributed by atoms with E-state index in [0.29, 0.717) is 26.1 Å². The minimum atomic E-state index is -2.86. The zero-order valence-corrected chi connectivity index (χ0v) is 13.4. The number of sulfone groups is 1. The summed E-state index contributed by atoms with van der Waals surface area (Å²) >= 11 is 0. The van der Waals surface area contributed by atoms with Gasteiger partial charge in [-0.05, 0) is 31.0 Å². The van der Waals surface area contributed by atoms with Crippen LogP contribution in [-0.4, -0.2) is 50.4 Å². The van der Waals surface area contributed by atoms with Gasteiger partial charge >= 0.3 is 0 Å². The van der Waals surface area contributed by atoms with Crippen LogP contribution in [0.5, 0.6) is 0 Å². The lowest BCUT2D eigenvalue weighted by atomic mass is 10.1. The third-order valence-electron chi connectivity index (χ3n) is 3.97. The average Bonchev–Trinajstić information content (AvgIpc) is 2.43. The quantitative estimate of drug-likeness (QED) is 0.912. The number of carbonyl (C=O) groups excluding carboxylic acids is 1. The van der Waals surface area contributed by atoms with Crippen LogP contribution in [0.2, 0.25) is 0 Å². The van der Waals surface area contributed by atoms with Gasteiger partial charge in [0.1, 0.15) is 0 Å². The summed E-state index contributed by atoms with van der Waals surface area (Å²) < 4.78 is 22.7. The zero-order chi connectivity index (χ0) is 15.5. The number of benzene rings is 1. The number of hydrogen-bond donors (Lipinski definition) is 1. The van der Waals surface area contributed by atoms with Crippen molar-refractivity contribution in [3.8, 4) is 0 Å². The van der Waals surface area contributed by atoms with Crippen molar-refractivity contribution in [2.45, 2.75) is 20.3 Å². The molecule has 6 heteroatoms. The molecular formula is C15H22N2O3S. The second kappa shape index (κ2) is 6.58. The number of nitrogens with zero attached hydrogens (tertiary/aromatic N) is 1. The van der Waals surface area contributed by atoms with Gasteiger partial charge in [-0.1, -0.05) is 12.1 Å². The highest BCUT2D eigenvalue weighted by atomic mass is 32.2. The second-order valence-corrected chi connectivity index (χ2v) is 7.84. The van der Waals surface area contributed by atoms with E-state index in [1.165, 1.54) is 0 Å². The van der Waals surface area contributed by atoms with Crippen LogP contribution in [0.25, 0.3) is 0 Å². The molecule has 0 aliphatic carbocycles. The predicted molar refractivity (Wildman–Crippen MR) is 84.3 cm³/mol. The molecule has 21 heavy (non-hydrogen) atoms. The number of amides is 1. The molecule has 5 nitrogen and oxygen atoms in total. The van der Waals surface area contributed by atoms with Crippen molar-refractivity contribution in [3.05, 3.63) is 29.3 Å². The van der Waals surface area contributed by atoms with Gasteiger partial charge in [-0.15, -0.1) is 0 Å². The first-order valence-electron chi connectivity index (χ1n) is 7.16. The molecule has 2 rings (SSSR count). The van der Waals surface area contributed by atoms with E-state index in [4.69, 9.17) is 0 Å². The Labute approximate surface area is 126 Å². The maximum atomic E-state index is 12.0. The Bertz CT molecular complexity index is 612. The summed E-state index contributed by atoms with van der Waals surface area (Å²) in [6, 6.07) is 5.83. The third kappa shape index (κ3) is 4.54. The van der Waals surface area contributed by atoms with Crippen molar-refractivity contribution in [2.24, 2.45) is 0 Å². The molecule has 0 saturated carbocycles. The second-order valence-electron chi connectivity index (χ2n) is 5.54. The van der Waals surface area contributed by atoms with E-state index < -0.39 is 9.84 Å². The Kier molecular flexibility index (Phi) is 5.00. The van der Waals surface area contributed by atoms with E-state index in [1.54, 1.807) is 0 Å². The summed E-state index contributed by atoms with van der Waals surface area (Å²) in [5.41, 5.74) is 3.07. The Morgan fingerprint density at radius 3 is 2.57 bits per heavy atom. The van der Waals surface area contributed by atoms with Gasteiger partial charge in [0, 0.05) is 31.7 Å². The first-order valence-corrected chi connectivity index (χ1v) is 8.98. The van der Waals surface area contributed by atoms with Gasteiger partial charge in [-0.3, -0.25) is 4.79 Å². The van der Waals surface area contributed by atoms with Gasteiger partial charge < -0.3 is 10.2 Å². The minimum absolute atomic E-state index is 0.0304. The Balaban J connectivity index is 1.82. The van der Waals surface area contributed by atoms with Crippen LogP contribution in [-0.2, 0) is 14.6 Å². The van der Waals surface area contributed by atoms with E-state index in [0.717, 1.165) is 16.8 Å². The van der Waals surface area contributed by atoms with Crippen LogP contribution < -0.4 is 5.32 Å². The number of rotatable bonds is 4. The van der Waals surface area contributed by atoms with Gasteiger partial charge in [0.05, 0.1) is 11.5 Å². The normalized spacial score (nSPS) is 18.4. The smallest absolute Gasteiger partial charge is 0.225 e. The van der Waals surface area contributed by atoms with E-state index in [2.05, 4.69) is 5.32 Å². The molecule has 1 heterocycles. The molecule has 0 radical (unpaired) electrons. The maximum Gasteiger partial charge on any atom is 0.225 e. The first kappa shape index (κ1) is 16.0. The molecule has 1 aliphatic rings. The van der Waals surface area contributed by atoms with Crippen LogP contribution in [0.1, 0.15) is 17.5 Å². The van der Waals surface area contributed by atoms with E-state index >= 15 is 0 Å². The van der Waals surface area contributed by atoms with Gasteiger partial charge in [0.25, 0.3) is 0 Å². The summed E-state index contributed by atoms with van der Waals surface area (Å²) in [5.74, 6) is 0.370. The molecule has 116 valence electrons. The van der Waals surface area contributed by atoms with Gasteiger partial charge in [-0.2, -0.15) is 0 Å². The lowest BCUT2D eigenvalue weighted by Crippen LogP contribution is -2.41. The molecule has 0 bridgehead atoms. The summed E-state index contributed by atoms with van der Waals surface area (Å²) in [6.07, 6.45) is 0.382. The van der Waals surface area contributed by atoms with E-state index in [1.807, 2.05) is 36.9 Å². The van der Waals surface area contributed by atoms with Gasteiger partial charge in [0.15, 0.2) is 9.84 Å². The molecule has 1 aromatic rings. The summed E-state index contributed by atoms with van der Waals surface area (Å²) in [5, 5.41) is 2.92. The van der Waals surface area contributed by atoms with E-state index in [-0.39, 0.29) is 17.4 Å². The van der Waals surface area contributed by atoms with Crippen molar-refractivity contribution in [1.82, 2.24) is 4.90 Å². The maximum absolute atomic E-state index is 12.0. The molecule has 1 fully saturated rings. The summed E-state index contributed by atoms with van der Waals surface area (Å²) in [7, 11) is -2.86. The van der Waals surface area contributed by atoms with Crippen LogP contribution in [0.3, 0.4) is 0 Å². The topological polar surface area (TPSA) is 66.5 Å². The standard InChI is InChI=1S/C15H22N2O3S/c1-12-4-3-5-14(13(12)2)16-15(18)6-7-17-8-10-21(19,20)11-9-17/h3-5H,6-11H2,1-2H3,(H,16,18). The van der Waals surface area contributed by atoms with Crippen molar-refractivity contribution in [2.75, 3.05) is 36.5 Å². The SMILES string of the molecule is Cc1cccc(NC(=O)CCN2CCS(=O)(=O)CC2)c1C. The predicted octanol–water partition coefficient (Wildman–Crippen LogP) is 1.36. The van der Waals surface area contributed by atoms with Crippen molar-refractivity contribution < 1.29 is 13.2 Å². The van der Waals surface area contributed by atoms with Gasteiger partial charge in [-0.25, -0.2) is 8.42 Å². The number of hydrogen-bond acceptors (Lipinski definition) is 4. The molecule has 1 N–H and O–H groups in total. The first-order chi connectivity index (χ1) is 9.87. The van der Waals surface area contributed by atoms with Crippen LogP contribution in [0, 0.1) is 13.8 Å². The monoisotopic (exact) mass is 310 g/mol. The fourth-order valence-corrected chi connectivity index (χ4v) is 3.61. The summed E-state index contributed by atoms with van der Waals surface area (Å²) in [6.45, 7) is 5.66. The average molecular weight is 310 g/mol. The molecule has 0 unspecified atom stereocenters. The molecule has 1 saturated heterocycles. The Morgan fingerprint density at radius 2 is 1.90 bits per heavy atom. The molecule has 1 amide bonds. The Hall–Kier alpha value is -1.40. The third-order valence-corrected chi connectivity index (χ3v) is 5.58. The molecule has 1 aliphatic heterocycles. The lowest BCUT2D eigenvalue weighted by molar-refractivity contribution is -0.116. The fourth-order valence-electron chi connectivity index (χ4n) is 2.33. The highest BCUT2D eigenvalue weighted by molar-refractivity contribution is 7.91. The molecule has 0 atom stereocenters. The Morgan fingerprint density at radius 1 is 1.24 bits per heavy atom. The molecule has 1 aromatic carbocycles. The number of carbonyl (C=O) groups is 1.